The molecule has 1 saturated heterocycles. The molecule has 4 heterocycles. The molecule has 0 spiro atoms. The van der Waals surface area contributed by atoms with Crippen molar-refractivity contribution in [2.45, 2.75) is 57.8 Å². The number of fused-ring (bicyclic) bond motifs is 2. The number of hydrogen-bond acceptors (Lipinski definition) is 7. The molecule has 1 fully saturated rings. The molecule has 0 amide bonds. The fraction of sp³-hybridized carbons (Fsp3) is 0.387. The molecule has 2 aromatic carbocycles. The van der Waals surface area contributed by atoms with Gasteiger partial charge in [-0.3, -0.25) is 4.90 Å². The number of hydrogen-bond donors (Lipinski definition) is 1. The first-order valence-corrected chi connectivity index (χ1v) is 14.5. The maximum absolute atomic E-state index is 14.1. The molecule has 1 N–H and O–H groups in total. The van der Waals surface area contributed by atoms with Crippen molar-refractivity contribution in [3.05, 3.63) is 81.3 Å². The maximum Gasteiger partial charge on any atom is 0.421 e. The minimum Gasteiger partial charge on any atom is -0.494 e. The number of aromatic nitrogens is 3. The number of pyridine rings is 1. The standard InChI is InChI=1S/C31H30ClF3N4O5/c1-17-27-19(11-23(31(33,34)35)29(37-27)44-16-18-3-5-21(32)6-4-18)7-9-38(17)15-26-36-28-24(39(26)14-22-8-10-43-22)12-20(30(40)41)13-25(28)42-2/h3-6,11-13,17,22H,7-10,14-16H2,1-2H3,(H,40,41)/t17-,22-/m0/s1. The molecule has 6 rings (SSSR count). The highest BCUT2D eigenvalue weighted by Crippen LogP contribution is 2.40. The molecule has 2 atom stereocenters. The van der Waals surface area contributed by atoms with Crippen LogP contribution in [0.2, 0.25) is 5.02 Å². The highest BCUT2D eigenvalue weighted by Gasteiger charge is 2.38. The van der Waals surface area contributed by atoms with E-state index in [-0.39, 0.29) is 24.3 Å². The molecule has 2 aromatic heterocycles. The quantitative estimate of drug-likeness (QED) is 0.230. The zero-order valence-electron chi connectivity index (χ0n) is 24.0. The monoisotopic (exact) mass is 630 g/mol. The van der Waals surface area contributed by atoms with Crippen LogP contribution in [0, 0.1) is 0 Å². The van der Waals surface area contributed by atoms with Crippen LogP contribution in [-0.4, -0.2) is 56.9 Å². The molecular formula is C31H30ClF3N4O5. The summed E-state index contributed by atoms with van der Waals surface area (Å²) >= 11 is 5.93. The van der Waals surface area contributed by atoms with Crippen LogP contribution in [0.5, 0.6) is 11.6 Å². The van der Waals surface area contributed by atoms with E-state index in [4.69, 9.17) is 30.8 Å². The lowest BCUT2D eigenvalue weighted by molar-refractivity contribution is -0.139. The van der Waals surface area contributed by atoms with E-state index in [1.165, 1.54) is 13.2 Å². The van der Waals surface area contributed by atoms with Crippen molar-refractivity contribution in [1.29, 1.82) is 0 Å². The van der Waals surface area contributed by atoms with E-state index in [9.17, 15) is 23.1 Å². The van der Waals surface area contributed by atoms with Crippen LogP contribution >= 0.6 is 11.6 Å². The van der Waals surface area contributed by atoms with Gasteiger partial charge in [0.05, 0.1) is 49.1 Å². The number of carbonyl (C=O) groups is 1. The summed E-state index contributed by atoms with van der Waals surface area (Å²) in [6.07, 6.45) is -3.45. The number of ether oxygens (including phenoxy) is 3. The van der Waals surface area contributed by atoms with Gasteiger partial charge in [0.25, 0.3) is 0 Å². The smallest absolute Gasteiger partial charge is 0.421 e. The van der Waals surface area contributed by atoms with Gasteiger partial charge in [-0.25, -0.2) is 14.8 Å². The van der Waals surface area contributed by atoms with Crippen LogP contribution < -0.4 is 9.47 Å². The first-order chi connectivity index (χ1) is 21.0. The number of rotatable bonds is 9. The van der Waals surface area contributed by atoms with Gasteiger partial charge in [-0.15, -0.1) is 0 Å². The first kappa shape index (κ1) is 30.2. The Balaban J connectivity index is 1.33. The lowest BCUT2D eigenvalue weighted by atomic mass is 9.97. The molecule has 0 unspecified atom stereocenters. The van der Waals surface area contributed by atoms with E-state index >= 15 is 0 Å². The molecule has 44 heavy (non-hydrogen) atoms. The maximum atomic E-state index is 14.1. The van der Waals surface area contributed by atoms with Crippen LogP contribution in [0.3, 0.4) is 0 Å². The second-order valence-corrected chi connectivity index (χ2v) is 11.4. The van der Waals surface area contributed by atoms with Crippen molar-refractivity contribution in [1.82, 2.24) is 19.4 Å². The second kappa shape index (κ2) is 11.9. The number of benzene rings is 2. The average Bonchev–Trinajstić information content (AvgIpc) is 3.31. The number of halogens is 4. The third-order valence-corrected chi connectivity index (χ3v) is 8.45. The van der Waals surface area contributed by atoms with E-state index in [1.54, 1.807) is 30.3 Å². The summed E-state index contributed by atoms with van der Waals surface area (Å²) in [7, 11) is 1.46. The summed E-state index contributed by atoms with van der Waals surface area (Å²) in [5.41, 5.74) is 2.00. The third-order valence-electron chi connectivity index (χ3n) is 8.20. The Hall–Kier alpha value is -3.87. The Morgan fingerprint density at radius 3 is 2.57 bits per heavy atom. The van der Waals surface area contributed by atoms with E-state index < -0.39 is 23.6 Å². The van der Waals surface area contributed by atoms with Gasteiger partial charge < -0.3 is 23.9 Å². The zero-order valence-corrected chi connectivity index (χ0v) is 24.8. The van der Waals surface area contributed by atoms with E-state index in [0.717, 1.165) is 12.5 Å². The van der Waals surface area contributed by atoms with Crippen molar-refractivity contribution in [3.8, 4) is 11.6 Å². The summed E-state index contributed by atoms with van der Waals surface area (Å²) in [6, 6.07) is 10.5. The van der Waals surface area contributed by atoms with Gasteiger partial charge in [-0.2, -0.15) is 13.2 Å². The Morgan fingerprint density at radius 1 is 1.18 bits per heavy atom. The van der Waals surface area contributed by atoms with Gasteiger partial charge >= 0.3 is 12.1 Å². The van der Waals surface area contributed by atoms with Crippen LogP contribution in [0.15, 0.2) is 42.5 Å². The predicted octanol–water partition coefficient (Wildman–Crippen LogP) is 6.30. The van der Waals surface area contributed by atoms with E-state index in [1.807, 2.05) is 11.5 Å². The summed E-state index contributed by atoms with van der Waals surface area (Å²) in [5, 5.41) is 10.2. The number of carboxylic acid groups (broad SMARTS) is 1. The largest absolute Gasteiger partial charge is 0.494 e. The number of aromatic carboxylic acids is 1. The first-order valence-electron chi connectivity index (χ1n) is 14.2. The fourth-order valence-electron chi connectivity index (χ4n) is 5.66. The zero-order chi connectivity index (χ0) is 31.2. The van der Waals surface area contributed by atoms with Gasteiger partial charge in [0.15, 0.2) is 0 Å². The minimum atomic E-state index is -4.64. The average molecular weight is 631 g/mol. The molecular weight excluding hydrogens is 601 g/mol. The molecule has 0 bridgehead atoms. The number of imidazole rings is 1. The van der Waals surface area contributed by atoms with Gasteiger partial charge in [0, 0.05) is 18.2 Å². The van der Waals surface area contributed by atoms with Gasteiger partial charge in [-0.1, -0.05) is 23.7 Å². The van der Waals surface area contributed by atoms with E-state index in [2.05, 4.69) is 9.88 Å². The third kappa shape index (κ3) is 5.93. The molecule has 0 radical (unpaired) electrons. The van der Waals surface area contributed by atoms with Crippen molar-refractivity contribution < 1.29 is 37.3 Å². The van der Waals surface area contributed by atoms with Crippen molar-refractivity contribution in [2.75, 3.05) is 20.3 Å². The van der Waals surface area contributed by atoms with Gasteiger partial charge in [-0.05, 0) is 61.2 Å². The molecule has 2 aliphatic rings. The van der Waals surface area contributed by atoms with E-state index in [0.29, 0.717) is 77.1 Å². The topological polar surface area (TPSA) is 98.9 Å². The molecule has 0 saturated carbocycles. The molecule has 0 aliphatic carbocycles. The van der Waals surface area contributed by atoms with Crippen molar-refractivity contribution >= 4 is 28.6 Å². The lowest BCUT2D eigenvalue weighted by Crippen LogP contribution is -2.36. The molecule has 4 aromatic rings. The molecule has 2 aliphatic heterocycles. The van der Waals surface area contributed by atoms with Crippen molar-refractivity contribution in [3.63, 3.8) is 0 Å². The van der Waals surface area contributed by atoms with Gasteiger partial charge in [0.1, 0.15) is 29.3 Å². The van der Waals surface area contributed by atoms with Crippen molar-refractivity contribution in [2.24, 2.45) is 0 Å². The summed E-state index contributed by atoms with van der Waals surface area (Å²) in [5.74, 6) is -0.549. The number of nitrogens with zero attached hydrogens (tertiary/aromatic N) is 4. The number of alkyl halides is 3. The van der Waals surface area contributed by atoms with Crippen LogP contribution in [0.1, 0.15) is 58.0 Å². The Kier molecular flexibility index (Phi) is 8.16. The van der Waals surface area contributed by atoms with Gasteiger partial charge in [0.2, 0.25) is 5.88 Å². The normalized spacial score (nSPS) is 18.6. The van der Waals surface area contributed by atoms with Crippen LogP contribution in [0.4, 0.5) is 13.2 Å². The Morgan fingerprint density at radius 2 is 1.93 bits per heavy atom. The Labute approximate surface area is 256 Å². The van der Waals surface area contributed by atoms with Crippen LogP contribution in [-0.2, 0) is 37.0 Å². The molecule has 13 heteroatoms. The SMILES string of the molecule is COc1cc(C(=O)O)cc2c1nc(CN1CCc3cc(C(F)(F)F)c(OCc4ccc(Cl)cc4)nc3[C@@H]1C)n2C[C@@H]1CCO1. The minimum absolute atomic E-state index is 0.0343. The fourth-order valence-corrected chi connectivity index (χ4v) is 5.79. The molecule has 9 nitrogen and oxygen atoms in total. The highest BCUT2D eigenvalue weighted by atomic mass is 35.5. The predicted molar refractivity (Wildman–Crippen MR) is 155 cm³/mol. The Bertz CT molecular complexity index is 1710. The number of methoxy groups -OCH3 is 1. The second-order valence-electron chi connectivity index (χ2n) is 11.0. The summed E-state index contributed by atoms with van der Waals surface area (Å²) in [4.78, 5) is 23.2. The molecule has 232 valence electrons. The lowest BCUT2D eigenvalue weighted by Gasteiger charge is -2.35. The van der Waals surface area contributed by atoms with Crippen LogP contribution in [0.25, 0.3) is 11.0 Å². The summed E-state index contributed by atoms with van der Waals surface area (Å²) in [6.45, 7) is 3.75. The number of carboxylic acids is 1. The highest BCUT2D eigenvalue weighted by molar-refractivity contribution is 6.30. The summed E-state index contributed by atoms with van der Waals surface area (Å²) < 4.78 is 61.0.